The molecule has 0 aromatic heterocycles. The van der Waals surface area contributed by atoms with Crippen molar-refractivity contribution in [3.63, 3.8) is 0 Å². The van der Waals surface area contributed by atoms with E-state index in [9.17, 15) is 4.79 Å². The van der Waals surface area contributed by atoms with Gasteiger partial charge < -0.3 is 4.90 Å². The summed E-state index contributed by atoms with van der Waals surface area (Å²) in [5, 5.41) is 4.20. The van der Waals surface area contributed by atoms with E-state index in [1.807, 2.05) is 29.2 Å². The molecular formula is C17H23ClN2O. The van der Waals surface area contributed by atoms with Crippen molar-refractivity contribution in [1.29, 1.82) is 0 Å². The Bertz CT molecular complexity index is 529. The van der Waals surface area contributed by atoms with Gasteiger partial charge >= 0.3 is 0 Å². The molecule has 1 aromatic rings. The zero-order chi connectivity index (χ0) is 15.0. The first-order valence-electron chi connectivity index (χ1n) is 7.93. The monoisotopic (exact) mass is 306 g/mol. The highest BCUT2D eigenvalue weighted by molar-refractivity contribution is 6.30. The van der Waals surface area contributed by atoms with Crippen LogP contribution in [0.2, 0.25) is 5.02 Å². The number of benzene rings is 1. The Hall–Kier alpha value is -1.06. The predicted octanol–water partition coefficient (Wildman–Crippen LogP) is 3.74. The van der Waals surface area contributed by atoms with Gasteiger partial charge in [-0.15, -0.1) is 0 Å². The molecule has 3 rings (SSSR count). The Balaban J connectivity index is 1.86. The van der Waals surface area contributed by atoms with Gasteiger partial charge in [0.1, 0.15) is 6.17 Å². The van der Waals surface area contributed by atoms with E-state index in [4.69, 9.17) is 11.6 Å². The van der Waals surface area contributed by atoms with E-state index in [1.54, 1.807) is 0 Å². The van der Waals surface area contributed by atoms with Crippen LogP contribution in [0.1, 0.15) is 51.3 Å². The number of nitrogens with one attached hydrogen (secondary N) is 1. The summed E-state index contributed by atoms with van der Waals surface area (Å²) in [4.78, 5) is 14.7. The highest BCUT2D eigenvalue weighted by Crippen LogP contribution is 2.38. The van der Waals surface area contributed by atoms with Crippen LogP contribution in [0.5, 0.6) is 0 Å². The molecule has 1 N–H and O–H groups in total. The van der Waals surface area contributed by atoms with Gasteiger partial charge in [0.15, 0.2) is 0 Å². The highest BCUT2D eigenvalue weighted by Gasteiger charge is 2.42. The van der Waals surface area contributed by atoms with Crippen molar-refractivity contribution in [3.05, 3.63) is 34.9 Å². The summed E-state index contributed by atoms with van der Waals surface area (Å²) in [6.45, 7) is 4.23. The fourth-order valence-corrected chi connectivity index (χ4v) is 3.50. The standard InChI is InChI=1S/C17H23ClN2O/c1-3-15-17(21)20(11(2)9-12-7-8-12)16(19-15)13-5-4-6-14(18)10-13/h4-6,10-12,15-16,19H,3,7-9H2,1-2H3. The van der Waals surface area contributed by atoms with Crippen LogP contribution in [0.25, 0.3) is 0 Å². The van der Waals surface area contributed by atoms with Crippen molar-refractivity contribution in [2.24, 2.45) is 5.92 Å². The number of amides is 1. The van der Waals surface area contributed by atoms with E-state index < -0.39 is 0 Å². The zero-order valence-corrected chi connectivity index (χ0v) is 13.4. The van der Waals surface area contributed by atoms with Crippen LogP contribution >= 0.6 is 11.6 Å². The van der Waals surface area contributed by atoms with Gasteiger partial charge in [-0.3, -0.25) is 10.1 Å². The largest absolute Gasteiger partial charge is 0.319 e. The maximum atomic E-state index is 12.7. The molecule has 1 heterocycles. The molecule has 1 amide bonds. The molecule has 3 nitrogen and oxygen atoms in total. The van der Waals surface area contributed by atoms with Gasteiger partial charge in [-0.2, -0.15) is 0 Å². The predicted molar refractivity (Wildman–Crippen MR) is 85.1 cm³/mol. The summed E-state index contributed by atoms with van der Waals surface area (Å²) >= 11 is 6.12. The molecule has 1 saturated carbocycles. The lowest BCUT2D eigenvalue weighted by molar-refractivity contribution is -0.132. The first-order valence-corrected chi connectivity index (χ1v) is 8.31. The van der Waals surface area contributed by atoms with Crippen molar-refractivity contribution in [1.82, 2.24) is 10.2 Å². The molecule has 0 radical (unpaired) electrons. The molecule has 114 valence electrons. The number of carbonyl (C=O) groups excluding carboxylic acids is 1. The second-order valence-electron chi connectivity index (χ2n) is 6.36. The second-order valence-corrected chi connectivity index (χ2v) is 6.80. The third-order valence-corrected chi connectivity index (χ3v) is 4.84. The summed E-state index contributed by atoms with van der Waals surface area (Å²) in [5.41, 5.74) is 1.08. The SMILES string of the molecule is CCC1NC(c2cccc(Cl)c2)N(C(C)CC2CC2)C1=O. The molecule has 3 unspecified atom stereocenters. The maximum Gasteiger partial charge on any atom is 0.241 e. The fourth-order valence-electron chi connectivity index (χ4n) is 3.30. The Morgan fingerprint density at radius 3 is 2.81 bits per heavy atom. The van der Waals surface area contributed by atoms with Crippen molar-refractivity contribution >= 4 is 17.5 Å². The van der Waals surface area contributed by atoms with Crippen LogP contribution in [-0.2, 0) is 4.79 Å². The Labute approximate surface area is 131 Å². The molecule has 2 aliphatic rings. The minimum Gasteiger partial charge on any atom is -0.319 e. The normalized spacial score (nSPS) is 27.2. The Morgan fingerprint density at radius 2 is 2.19 bits per heavy atom. The van der Waals surface area contributed by atoms with Crippen LogP contribution in [0.15, 0.2) is 24.3 Å². The lowest BCUT2D eigenvalue weighted by Crippen LogP contribution is -2.38. The van der Waals surface area contributed by atoms with E-state index >= 15 is 0 Å². The van der Waals surface area contributed by atoms with Crippen LogP contribution < -0.4 is 5.32 Å². The zero-order valence-electron chi connectivity index (χ0n) is 12.7. The molecule has 2 fully saturated rings. The van der Waals surface area contributed by atoms with Crippen LogP contribution in [0.4, 0.5) is 0 Å². The third-order valence-electron chi connectivity index (χ3n) is 4.61. The van der Waals surface area contributed by atoms with Crippen molar-refractivity contribution in [2.45, 2.75) is 57.8 Å². The molecular weight excluding hydrogens is 284 g/mol. The van der Waals surface area contributed by atoms with Crippen LogP contribution in [-0.4, -0.2) is 22.9 Å². The van der Waals surface area contributed by atoms with Gasteiger partial charge in [-0.25, -0.2) is 0 Å². The molecule has 1 aromatic carbocycles. The number of hydrogen-bond donors (Lipinski definition) is 1. The summed E-state index contributed by atoms with van der Waals surface area (Å²) < 4.78 is 0. The number of nitrogens with zero attached hydrogens (tertiary/aromatic N) is 1. The molecule has 1 saturated heterocycles. The second kappa shape index (κ2) is 5.98. The van der Waals surface area contributed by atoms with E-state index in [2.05, 4.69) is 19.2 Å². The van der Waals surface area contributed by atoms with Gasteiger partial charge in [-0.05, 0) is 43.4 Å². The summed E-state index contributed by atoms with van der Waals surface area (Å²) in [6, 6.07) is 8.03. The molecule has 1 aliphatic carbocycles. The average molecular weight is 307 g/mol. The molecule has 0 spiro atoms. The number of carbonyl (C=O) groups is 1. The summed E-state index contributed by atoms with van der Waals surface area (Å²) in [7, 11) is 0. The Kier molecular flexibility index (Phi) is 4.23. The third kappa shape index (κ3) is 3.09. The van der Waals surface area contributed by atoms with E-state index in [0.29, 0.717) is 0 Å². The van der Waals surface area contributed by atoms with Crippen molar-refractivity contribution < 1.29 is 4.79 Å². The minimum absolute atomic E-state index is 0.0464. The molecule has 0 bridgehead atoms. The van der Waals surface area contributed by atoms with E-state index in [0.717, 1.165) is 29.3 Å². The minimum atomic E-state index is -0.0735. The Morgan fingerprint density at radius 1 is 1.43 bits per heavy atom. The van der Waals surface area contributed by atoms with Gasteiger partial charge in [0.2, 0.25) is 5.91 Å². The molecule has 3 atom stereocenters. The molecule has 4 heteroatoms. The number of rotatable bonds is 5. The van der Waals surface area contributed by atoms with Gasteiger partial charge in [0.25, 0.3) is 0 Å². The van der Waals surface area contributed by atoms with E-state index in [1.165, 1.54) is 12.8 Å². The summed E-state index contributed by atoms with van der Waals surface area (Å²) in [5.74, 6) is 1.05. The van der Waals surface area contributed by atoms with Crippen LogP contribution in [0.3, 0.4) is 0 Å². The molecule has 1 aliphatic heterocycles. The topological polar surface area (TPSA) is 32.3 Å². The quantitative estimate of drug-likeness (QED) is 0.899. The van der Waals surface area contributed by atoms with Gasteiger partial charge in [-0.1, -0.05) is 43.5 Å². The summed E-state index contributed by atoms with van der Waals surface area (Å²) in [6.07, 6.45) is 4.52. The first-order chi connectivity index (χ1) is 10.1. The lowest BCUT2D eigenvalue weighted by atomic mass is 10.1. The van der Waals surface area contributed by atoms with Crippen LogP contribution in [0, 0.1) is 5.92 Å². The van der Waals surface area contributed by atoms with Crippen molar-refractivity contribution in [3.8, 4) is 0 Å². The van der Waals surface area contributed by atoms with Gasteiger partial charge in [0, 0.05) is 11.1 Å². The van der Waals surface area contributed by atoms with Gasteiger partial charge in [0.05, 0.1) is 6.04 Å². The smallest absolute Gasteiger partial charge is 0.241 e. The fraction of sp³-hybridized carbons (Fsp3) is 0.588. The first kappa shape index (κ1) is 14.9. The lowest BCUT2D eigenvalue weighted by Gasteiger charge is -2.31. The van der Waals surface area contributed by atoms with E-state index in [-0.39, 0.29) is 24.2 Å². The number of hydrogen-bond acceptors (Lipinski definition) is 2. The highest BCUT2D eigenvalue weighted by atomic mass is 35.5. The molecule has 21 heavy (non-hydrogen) atoms. The average Bonchev–Trinajstić information content (AvgIpc) is 3.20. The van der Waals surface area contributed by atoms with Crippen molar-refractivity contribution in [2.75, 3.05) is 0 Å². The number of halogens is 1. The maximum absolute atomic E-state index is 12.7.